The number of sulfonamides is 1. The van der Waals surface area contributed by atoms with Gasteiger partial charge in [-0.25, -0.2) is 31.4 Å². The molecule has 1 heterocycles. The molecule has 3 rings (SSSR count). The smallest absolute Gasteiger partial charge is 0.273 e. The maximum Gasteiger partial charge on any atom is 0.273 e. The highest BCUT2D eigenvalue weighted by Crippen LogP contribution is 2.29. The van der Waals surface area contributed by atoms with E-state index in [1.165, 1.54) is 24.3 Å². The second-order valence-electron chi connectivity index (χ2n) is 7.17. The zero-order chi connectivity index (χ0) is 23.8. The SMILES string of the molecule is Cc1ccc(F)c(CC(=O)Nc2ccc(-n3cc(C(C)(F)F)cn3)c(S(N)(=O)=O)c2)c1Cl. The van der Waals surface area contributed by atoms with Crippen LogP contribution in [-0.2, 0) is 27.2 Å². The molecule has 0 unspecified atom stereocenters. The second kappa shape index (κ2) is 8.57. The number of rotatable bonds is 6. The molecule has 0 bridgehead atoms. The summed E-state index contributed by atoms with van der Waals surface area (Å²) in [6.07, 6.45) is 1.49. The van der Waals surface area contributed by atoms with Crippen molar-refractivity contribution >= 4 is 33.2 Å². The van der Waals surface area contributed by atoms with E-state index >= 15 is 0 Å². The normalized spacial score (nSPS) is 12.1. The monoisotopic (exact) mass is 486 g/mol. The molecule has 2 aromatic carbocycles. The van der Waals surface area contributed by atoms with Crippen LogP contribution in [0.15, 0.2) is 47.6 Å². The summed E-state index contributed by atoms with van der Waals surface area (Å²) in [5.41, 5.74) is 0.117. The Hall–Kier alpha value is -2.89. The lowest BCUT2D eigenvalue weighted by Gasteiger charge is -2.13. The first-order valence-electron chi connectivity index (χ1n) is 9.11. The molecule has 0 saturated heterocycles. The zero-order valence-electron chi connectivity index (χ0n) is 16.9. The van der Waals surface area contributed by atoms with Crippen LogP contribution in [0.3, 0.4) is 0 Å². The summed E-state index contributed by atoms with van der Waals surface area (Å²) in [4.78, 5) is 12.0. The predicted octanol–water partition coefficient (Wildman–Crippen LogP) is 3.91. The van der Waals surface area contributed by atoms with Crippen LogP contribution >= 0.6 is 11.6 Å². The highest BCUT2D eigenvalue weighted by atomic mass is 35.5. The van der Waals surface area contributed by atoms with Crippen molar-refractivity contribution in [3.63, 3.8) is 0 Å². The van der Waals surface area contributed by atoms with Gasteiger partial charge in [0, 0.05) is 24.4 Å². The highest BCUT2D eigenvalue weighted by Gasteiger charge is 2.27. The topological polar surface area (TPSA) is 107 Å². The Labute approximate surface area is 187 Å². The van der Waals surface area contributed by atoms with Gasteiger partial charge in [0.05, 0.1) is 28.9 Å². The molecule has 0 fully saturated rings. The Bertz CT molecular complexity index is 1300. The van der Waals surface area contributed by atoms with Gasteiger partial charge in [-0.2, -0.15) is 5.10 Å². The predicted molar refractivity (Wildman–Crippen MR) is 113 cm³/mol. The Morgan fingerprint density at radius 1 is 1.28 bits per heavy atom. The number of nitrogens with two attached hydrogens (primary N) is 1. The van der Waals surface area contributed by atoms with Crippen molar-refractivity contribution < 1.29 is 26.4 Å². The zero-order valence-corrected chi connectivity index (χ0v) is 18.4. The van der Waals surface area contributed by atoms with E-state index in [2.05, 4.69) is 10.4 Å². The molecule has 0 radical (unpaired) electrons. The molecule has 0 aliphatic carbocycles. The molecule has 3 N–H and O–H groups in total. The fourth-order valence-corrected chi connectivity index (χ4v) is 3.90. The van der Waals surface area contributed by atoms with E-state index in [1.54, 1.807) is 6.92 Å². The van der Waals surface area contributed by atoms with Crippen molar-refractivity contribution in [1.82, 2.24) is 9.78 Å². The molecule has 0 aliphatic rings. The van der Waals surface area contributed by atoms with Gasteiger partial charge >= 0.3 is 0 Å². The number of aryl methyl sites for hydroxylation is 1. The molecular weight excluding hydrogens is 469 g/mol. The van der Waals surface area contributed by atoms with Crippen LogP contribution in [-0.4, -0.2) is 24.1 Å². The third-order valence-electron chi connectivity index (χ3n) is 4.60. The van der Waals surface area contributed by atoms with E-state index in [0.29, 0.717) is 12.5 Å². The van der Waals surface area contributed by atoms with Gasteiger partial charge in [-0.05, 0) is 36.8 Å². The second-order valence-corrected chi connectivity index (χ2v) is 9.08. The summed E-state index contributed by atoms with van der Waals surface area (Å²) < 4.78 is 66.2. The van der Waals surface area contributed by atoms with Crippen LogP contribution in [0.25, 0.3) is 5.69 Å². The molecule has 0 atom stereocenters. The largest absolute Gasteiger partial charge is 0.326 e. The number of amides is 1. The molecule has 0 saturated carbocycles. The molecule has 170 valence electrons. The number of anilines is 1. The Morgan fingerprint density at radius 2 is 1.97 bits per heavy atom. The van der Waals surface area contributed by atoms with Crippen LogP contribution in [0, 0.1) is 12.7 Å². The summed E-state index contributed by atoms with van der Waals surface area (Å²) >= 11 is 6.07. The van der Waals surface area contributed by atoms with Crippen molar-refractivity contribution in [1.29, 1.82) is 0 Å². The lowest BCUT2D eigenvalue weighted by atomic mass is 10.1. The number of halogens is 4. The van der Waals surface area contributed by atoms with Gasteiger partial charge in [-0.1, -0.05) is 17.7 Å². The summed E-state index contributed by atoms with van der Waals surface area (Å²) in [5, 5.41) is 11.6. The first-order valence-corrected chi connectivity index (χ1v) is 11.0. The number of nitrogens with one attached hydrogen (secondary N) is 1. The minimum Gasteiger partial charge on any atom is -0.326 e. The quantitative estimate of drug-likeness (QED) is 0.550. The number of aromatic nitrogens is 2. The minimum atomic E-state index is -4.32. The van der Waals surface area contributed by atoms with Gasteiger partial charge < -0.3 is 5.32 Å². The molecule has 0 aliphatic heterocycles. The summed E-state index contributed by atoms with van der Waals surface area (Å²) in [5.74, 6) is -4.49. The maximum atomic E-state index is 14.1. The standard InChI is InChI=1S/C20H18ClF3N4O3S/c1-11-3-5-15(22)14(19(11)21)8-18(29)27-13-4-6-16(17(7-13)32(25,30)31)28-10-12(9-26-28)20(2,23)24/h3-7,9-10H,8H2,1-2H3,(H,27,29)(H2,25,30,31). The number of hydrogen-bond donors (Lipinski definition) is 2. The van der Waals surface area contributed by atoms with Crippen molar-refractivity contribution in [2.75, 3.05) is 5.32 Å². The first-order chi connectivity index (χ1) is 14.8. The number of benzene rings is 2. The molecule has 32 heavy (non-hydrogen) atoms. The molecule has 7 nitrogen and oxygen atoms in total. The molecule has 1 aromatic heterocycles. The van der Waals surface area contributed by atoms with E-state index in [0.717, 1.165) is 23.1 Å². The van der Waals surface area contributed by atoms with E-state index in [1.807, 2.05) is 0 Å². The average Bonchev–Trinajstić information content (AvgIpc) is 3.18. The number of primary sulfonamides is 1. The van der Waals surface area contributed by atoms with Gasteiger partial charge in [0.2, 0.25) is 15.9 Å². The van der Waals surface area contributed by atoms with Crippen molar-refractivity contribution in [2.45, 2.75) is 31.1 Å². The molecule has 0 spiro atoms. The van der Waals surface area contributed by atoms with Gasteiger partial charge in [0.25, 0.3) is 5.92 Å². The summed E-state index contributed by atoms with van der Waals surface area (Å²) in [7, 11) is -4.32. The fraction of sp³-hybridized carbons (Fsp3) is 0.200. The maximum absolute atomic E-state index is 14.1. The first kappa shape index (κ1) is 23.8. The van der Waals surface area contributed by atoms with Crippen molar-refractivity contribution in [2.24, 2.45) is 5.14 Å². The van der Waals surface area contributed by atoms with E-state index in [4.69, 9.17) is 16.7 Å². The Balaban J connectivity index is 1.92. The van der Waals surface area contributed by atoms with Crippen molar-refractivity contribution in [3.05, 3.63) is 70.3 Å². The van der Waals surface area contributed by atoms with E-state index < -0.39 is 44.5 Å². The molecule has 3 aromatic rings. The van der Waals surface area contributed by atoms with Crippen molar-refractivity contribution in [3.8, 4) is 5.69 Å². The summed E-state index contributed by atoms with van der Waals surface area (Å²) in [6.45, 7) is 2.34. The summed E-state index contributed by atoms with van der Waals surface area (Å²) in [6, 6.07) is 6.31. The Kier molecular flexibility index (Phi) is 6.36. The van der Waals surface area contributed by atoms with Crippen LogP contribution in [0.5, 0.6) is 0 Å². The molecular formula is C20H18ClF3N4O3S. The lowest BCUT2D eigenvalue weighted by Crippen LogP contribution is -2.19. The third kappa shape index (κ3) is 5.12. The van der Waals surface area contributed by atoms with Gasteiger partial charge in [-0.3, -0.25) is 4.79 Å². The molecule has 1 amide bonds. The Morgan fingerprint density at radius 3 is 2.56 bits per heavy atom. The fourth-order valence-electron chi connectivity index (χ4n) is 2.93. The average molecular weight is 487 g/mol. The number of nitrogens with zero attached hydrogens (tertiary/aromatic N) is 2. The van der Waals surface area contributed by atoms with Crippen LogP contribution in [0.2, 0.25) is 5.02 Å². The number of hydrogen-bond acceptors (Lipinski definition) is 4. The van der Waals surface area contributed by atoms with Crippen LogP contribution in [0.4, 0.5) is 18.9 Å². The number of alkyl halides is 2. The van der Waals surface area contributed by atoms with Gasteiger partial charge in [0.1, 0.15) is 10.7 Å². The van der Waals surface area contributed by atoms with E-state index in [9.17, 15) is 26.4 Å². The van der Waals surface area contributed by atoms with Crippen LogP contribution in [0.1, 0.15) is 23.6 Å². The van der Waals surface area contributed by atoms with Gasteiger partial charge in [0.15, 0.2) is 0 Å². The number of carbonyl (C=O) groups is 1. The lowest BCUT2D eigenvalue weighted by molar-refractivity contribution is -0.115. The third-order valence-corrected chi connectivity index (χ3v) is 6.07. The van der Waals surface area contributed by atoms with Crippen LogP contribution < -0.4 is 10.5 Å². The minimum absolute atomic E-state index is 0.00276. The number of carbonyl (C=O) groups excluding carboxylic acids is 1. The highest BCUT2D eigenvalue weighted by molar-refractivity contribution is 7.89. The van der Waals surface area contributed by atoms with E-state index in [-0.39, 0.29) is 22.0 Å². The van der Waals surface area contributed by atoms with Gasteiger partial charge in [-0.15, -0.1) is 0 Å². The molecule has 12 heteroatoms.